The lowest BCUT2D eigenvalue weighted by molar-refractivity contribution is 1.02. The highest BCUT2D eigenvalue weighted by molar-refractivity contribution is 5.91. The van der Waals surface area contributed by atoms with E-state index in [-0.39, 0.29) is 11.7 Å². The third-order valence-electron chi connectivity index (χ3n) is 1.34. The fraction of sp³-hybridized carbons (Fsp3) is 0.286. The summed E-state index contributed by atoms with van der Waals surface area (Å²) in [6.07, 6.45) is 1.58. The van der Waals surface area contributed by atoms with Gasteiger partial charge in [-0.2, -0.15) is 0 Å². The zero-order valence-corrected chi connectivity index (χ0v) is 7.07. The minimum absolute atomic E-state index is 0.112. The minimum Gasteiger partial charge on any atom is -0.381 e. The van der Waals surface area contributed by atoms with Crippen LogP contribution in [0.4, 0.5) is 5.82 Å². The van der Waals surface area contributed by atoms with Gasteiger partial charge in [0.25, 0.3) is 0 Å². The van der Waals surface area contributed by atoms with Crippen molar-refractivity contribution in [3.63, 3.8) is 0 Å². The van der Waals surface area contributed by atoms with Gasteiger partial charge in [-0.1, -0.05) is 0 Å². The summed E-state index contributed by atoms with van der Waals surface area (Å²) in [5, 5.41) is 7.11. The second-order valence-electron chi connectivity index (χ2n) is 2.55. The molecule has 1 rings (SSSR count). The van der Waals surface area contributed by atoms with E-state index in [2.05, 4.69) is 9.97 Å². The summed E-state index contributed by atoms with van der Waals surface area (Å²) in [4.78, 5) is 9.70. The molecule has 12 heavy (non-hydrogen) atoms. The van der Waals surface area contributed by atoms with Gasteiger partial charge in [0.2, 0.25) is 0 Å². The van der Waals surface area contributed by atoms with Crippen LogP contribution in [0.1, 0.15) is 5.82 Å². The first-order valence-electron chi connectivity index (χ1n) is 3.46. The summed E-state index contributed by atoms with van der Waals surface area (Å²) in [6.45, 7) is 0. The Balaban J connectivity index is 3.04. The first-order valence-corrected chi connectivity index (χ1v) is 3.46. The van der Waals surface area contributed by atoms with Crippen LogP contribution in [0.3, 0.4) is 0 Å². The normalized spacial score (nSPS) is 9.50. The molecule has 0 bridgehead atoms. The largest absolute Gasteiger partial charge is 0.381 e. The fourth-order valence-corrected chi connectivity index (χ4v) is 0.728. The summed E-state index contributed by atoms with van der Waals surface area (Å²) in [5.74, 6) is 0.898. The van der Waals surface area contributed by atoms with Crippen LogP contribution in [0, 0.1) is 5.41 Å². The van der Waals surface area contributed by atoms with Crippen molar-refractivity contribution in [1.82, 2.24) is 9.97 Å². The maximum absolute atomic E-state index is 7.11. The molecular formula is C7H11N5. The molecule has 0 unspecified atom stereocenters. The first kappa shape index (κ1) is 8.45. The van der Waals surface area contributed by atoms with Gasteiger partial charge in [0, 0.05) is 20.3 Å². The third-order valence-corrected chi connectivity index (χ3v) is 1.34. The van der Waals surface area contributed by atoms with Crippen LogP contribution in [-0.2, 0) is 0 Å². The molecule has 0 aliphatic carbocycles. The van der Waals surface area contributed by atoms with E-state index < -0.39 is 0 Å². The number of nitrogen functional groups attached to an aromatic ring is 1. The molecule has 0 radical (unpaired) electrons. The van der Waals surface area contributed by atoms with E-state index >= 15 is 0 Å². The van der Waals surface area contributed by atoms with E-state index in [1.807, 2.05) is 19.0 Å². The highest BCUT2D eigenvalue weighted by atomic mass is 15.2. The van der Waals surface area contributed by atoms with Crippen LogP contribution in [-0.4, -0.2) is 29.9 Å². The van der Waals surface area contributed by atoms with Crippen molar-refractivity contribution in [3.8, 4) is 0 Å². The lowest BCUT2D eigenvalue weighted by atomic mass is 10.5. The van der Waals surface area contributed by atoms with Crippen LogP contribution >= 0.6 is 0 Å². The first-order chi connectivity index (χ1) is 5.61. The van der Waals surface area contributed by atoms with Gasteiger partial charge in [-0.05, 0) is 6.07 Å². The average molecular weight is 165 g/mol. The van der Waals surface area contributed by atoms with Gasteiger partial charge in [0.1, 0.15) is 5.82 Å². The predicted molar refractivity (Wildman–Crippen MR) is 47.4 cm³/mol. The van der Waals surface area contributed by atoms with Crippen molar-refractivity contribution in [1.29, 1.82) is 5.41 Å². The van der Waals surface area contributed by atoms with Crippen LogP contribution in [0.2, 0.25) is 0 Å². The molecule has 0 spiro atoms. The molecule has 1 aromatic heterocycles. The van der Waals surface area contributed by atoms with Crippen molar-refractivity contribution in [2.45, 2.75) is 0 Å². The molecule has 0 aliphatic heterocycles. The van der Waals surface area contributed by atoms with Gasteiger partial charge in [-0.25, -0.2) is 9.97 Å². The highest BCUT2D eigenvalue weighted by Gasteiger charge is 2.02. The smallest absolute Gasteiger partial charge is 0.196 e. The molecule has 64 valence electrons. The third kappa shape index (κ3) is 1.69. The zero-order chi connectivity index (χ0) is 9.14. The van der Waals surface area contributed by atoms with Crippen molar-refractivity contribution in [2.24, 2.45) is 5.73 Å². The van der Waals surface area contributed by atoms with Crippen LogP contribution in [0.5, 0.6) is 0 Å². The molecule has 0 atom stereocenters. The van der Waals surface area contributed by atoms with Crippen molar-refractivity contribution in [3.05, 3.63) is 18.1 Å². The second-order valence-corrected chi connectivity index (χ2v) is 2.55. The van der Waals surface area contributed by atoms with E-state index in [9.17, 15) is 0 Å². The molecule has 0 saturated heterocycles. The van der Waals surface area contributed by atoms with E-state index in [4.69, 9.17) is 11.1 Å². The number of rotatable bonds is 2. The molecular weight excluding hydrogens is 154 g/mol. The molecule has 0 saturated carbocycles. The van der Waals surface area contributed by atoms with Gasteiger partial charge in [0.15, 0.2) is 11.7 Å². The number of amidine groups is 1. The number of aromatic nitrogens is 2. The molecule has 3 N–H and O–H groups in total. The molecule has 5 heteroatoms. The van der Waals surface area contributed by atoms with E-state index in [0.29, 0.717) is 0 Å². The molecule has 5 nitrogen and oxygen atoms in total. The SMILES string of the molecule is CN(C)c1ccnc(C(=N)N)n1. The summed E-state index contributed by atoms with van der Waals surface area (Å²) in [5.41, 5.74) is 5.22. The standard InChI is InChI=1S/C7H11N5/c1-12(2)5-3-4-10-7(11-5)6(8)9/h3-4H,1-2H3,(H3,8,9). The van der Waals surface area contributed by atoms with Crippen LogP contribution in [0.25, 0.3) is 0 Å². The van der Waals surface area contributed by atoms with Crippen LogP contribution < -0.4 is 10.6 Å². The number of anilines is 1. The Hall–Kier alpha value is -1.65. The maximum atomic E-state index is 7.11. The Morgan fingerprint density at radius 3 is 2.75 bits per heavy atom. The molecule has 1 aromatic rings. The minimum atomic E-state index is -0.112. The average Bonchev–Trinajstić information content (AvgIpc) is 2.04. The lowest BCUT2D eigenvalue weighted by Crippen LogP contribution is -2.18. The summed E-state index contributed by atoms with van der Waals surface area (Å²) in [6, 6.07) is 1.76. The number of nitrogens with two attached hydrogens (primary N) is 1. The summed E-state index contributed by atoms with van der Waals surface area (Å²) in [7, 11) is 3.73. The van der Waals surface area contributed by atoms with Gasteiger partial charge in [-0.3, -0.25) is 5.41 Å². The van der Waals surface area contributed by atoms with E-state index in [1.165, 1.54) is 0 Å². The number of hydrogen-bond acceptors (Lipinski definition) is 4. The Labute approximate surface area is 70.8 Å². The Morgan fingerprint density at radius 1 is 1.58 bits per heavy atom. The fourth-order valence-electron chi connectivity index (χ4n) is 0.728. The number of nitrogens with one attached hydrogen (secondary N) is 1. The van der Waals surface area contributed by atoms with Gasteiger partial charge in [0.05, 0.1) is 0 Å². The quantitative estimate of drug-likeness (QED) is 0.471. The Kier molecular flexibility index (Phi) is 2.23. The van der Waals surface area contributed by atoms with Crippen molar-refractivity contribution < 1.29 is 0 Å². The highest BCUT2D eigenvalue weighted by Crippen LogP contribution is 2.04. The Morgan fingerprint density at radius 2 is 2.25 bits per heavy atom. The molecule has 0 aliphatic rings. The second kappa shape index (κ2) is 3.17. The van der Waals surface area contributed by atoms with Crippen molar-refractivity contribution in [2.75, 3.05) is 19.0 Å². The topological polar surface area (TPSA) is 78.9 Å². The molecule has 1 heterocycles. The van der Waals surface area contributed by atoms with Gasteiger partial charge >= 0.3 is 0 Å². The zero-order valence-electron chi connectivity index (χ0n) is 7.07. The maximum Gasteiger partial charge on any atom is 0.196 e. The molecule has 0 aromatic carbocycles. The summed E-state index contributed by atoms with van der Waals surface area (Å²) >= 11 is 0. The number of nitrogens with zero attached hydrogens (tertiary/aromatic N) is 3. The predicted octanol–water partition coefficient (Wildman–Crippen LogP) is -0.173. The summed E-state index contributed by atoms with van der Waals surface area (Å²) < 4.78 is 0. The monoisotopic (exact) mass is 165 g/mol. The van der Waals surface area contributed by atoms with Gasteiger partial charge < -0.3 is 10.6 Å². The lowest BCUT2D eigenvalue weighted by Gasteiger charge is -2.10. The molecule has 0 amide bonds. The van der Waals surface area contributed by atoms with E-state index in [0.717, 1.165) is 5.82 Å². The Bertz CT molecular complexity index is 294. The van der Waals surface area contributed by atoms with E-state index in [1.54, 1.807) is 12.3 Å². The number of hydrogen-bond donors (Lipinski definition) is 2. The van der Waals surface area contributed by atoms with Crippen LogP contribution in [0.15, 0.2) is 12.3 Å². The van der Waals surface area contributed by atoms with Gasteiger partial charge in [-0.15, -0.1) is 0 Å². The van der Waals surface area contributed by atoms with Crippen molar-refractivity contribution >= 4 is 11.7 Å². The molecule has 0 fully saturated rings.